The fraction of sp³-hybridized carbons (Fsp3) is 0.545. The molecule has 9 nitrogen and oxygen atoms in total. The van der Waals surface area contributed by atoms with Crippen molar-refractivity contribution >= 4 is 17.9 Å². The van der Waals surface area contributed by atoms with Gasteiger partial charge in [-0.25, -0.2) is 0 Å². The van der Waals surface area contributed by atoms with Gasteiger partial charge in [0.25, 0.3) is 5.72 Å². The van der Waals surface area contributed by atoms with Gasteiger partial charge in [0.05, 0.1) is 29.8 Å². The largest absolute Gasteiger partial charge is 0.438 e. The molecule has 0 aliphatic carbocycles. The van der Waals surface area contributed by atoms with Crippen LogP contribution in [-0.4, -0.2) is 48.8 Å². The number of amides is 1. The molecule has 1 atom stereocenters. The first kappa shape index (κ1) is 16.9. The molecule has 0 bridgehead atoms. The molecule has 0 aromatic carbocycles. The monoisotopic (exact) mass is 335 g/mol. The van der Waals surface area contributed by atoms with Crippen LogP contribution in [0.4, 0.5) is 19.0 Å². The van der Waals surface area contributed by atoms with Crippen LogP contribution in [0.1, 0.15) is 18.5 Å². The van der Waals surface area contributed by atoms with Crippen molar-refractivity contribution in [2.24, 2.45) is 5.10 Å². The van der Waals surface area contributed by atoms with E-state index in [4.69, 9.17) is 0 Å². The predicted octanol–water partition coefficient (Wildman–Crippen LogP) is 0.959. The highest BCUT2D eigenvalue weighted by atomic mass is 19.4. The average molecular weight is 335 g/mol. The lowest BCUT2D eigenvalue weighted by molar-refractivity contribution is -0.389. The van der Waals surface area contributed by atoms with E-state index in [1.54, 1.807) is 0 Å². The maximum atomic E-state index is 12.9. The van der Waals surface area contributed by atoms with Gasteiger partial charge in [0.1, 0.15) is 0 Å². The summed E-state index contributed by atoms with van der Waals surface area (Å²) in [6, 6.07) is 1.17. The van der Waals surface area contributed by atoms with E-state index in [1.165, 1.54) is 13.0 Å². The molecule has 2 rings (SSSR count). The molecule has 23 heavy (non-hydrogen) atoms. The number of halogens is 3. The number of alkyl halides is 3. The Balaban J connectivity index is 2.08. The normalized spacial score (nSPS) is 21.0. The molecule has 1 N–H and O–H groups in total. The first-order valence-corrected chi connectivity index (χ1v) is 6.39. The number of hydrogen-bond acceptors (Lipinski definition) is 6. The SMILES string of the molecule is Cc1cc([N+](=O)[O-])nn1CCC(=O)N1N=CCC1(O)C(F)(F)F. The highest BCUT2D eigenvalue weighted by molar-refractivity contribution is 5.80. The Bertz CT molecular complexity index is 671. The maximum Gasteiger partial charge on any atom is 0.438 e. The number of rotatable bonds is 4. The zero-order valence-corrected chi connectivity index (χ0v) is 11.8. The van der Waals surface area contributed by atoms with E-state index in [0.717, 1.165) is 10.9 Å². The van der Waals surface area contributed by atoms with Gasteiger partial charge in [-0.15, -0.1) is 0 Å². The zero-order chi connectivity index (χ0) is 17.4. The third kappa shape index (κ3) is 3.02. The van der Waals surface area contributed by atoms with Crippen LogP contribution in [0.2, 0.25) is 0 Å². The van der Waals surface area contributed by atoms with Gasteiger partial charge in [-0.2, -0.15) is 28.0 Å². The van der Waals surface area contributed by atoms with Gasteiger partial charge in [0, 0.05) is 12.6 Å². The summed E-state index contributed by atoms with van der Waals surface area (Å²) in [5.74, 6) is -1.50. The number of nitrogens with zero attached hydrogens (tertiary/aromatic N) is 5. The number of aliphatic hydroxyl groups is 1. The topological polar surface area (TPSA) is 114 Å². The van der Waals surface area contributed by atoms with Crippen LogP contribution in [0.3, 0.4) is 0 Å². The molecule has 1 aliphatic heterocycles. The first-order valence-electron chi connectivity index (χ1n) is 6.39. The fourth-order valence-corrected chi connectivity index (χ4v) is 2.05. The zero-order valence-electron chi connectivity index (χ0n) is 11.8. The first-order chi connectivity index (χ1) is 10.6. The molecule has 1 amide bonds. The Labute approximate surface area is 127 Å². The summed E-state index contributed by atoms with van der Waals surface area (Å²) in [5.41, 5.74) is -2.99. The average Bonchev–Trinajstić information content (AvgIpc) is 3.00. The number of nitro groups is 1. The lowest BCUT2D eigenvalue weighted by Gasteiger charge is -2.32. The lowest BCUT2D eigenvalue weighted by Crippen LogP contribution is -2.56. The summed E-state index contributed by atoms with van der Waals surface area (Å²) in [5, 5.41) is 27.1. The highest BCUT2D eigenvalue weighted by Crippen LogP contribution is 2.38. The van der Waals surface area contributed by atoms with Crippen molar-refractivity contribution < 1.29 is 28.0 Å². The number of aromatic nitrogens is 2. The van der Waals surface area contributed by atoms with E-state index < -0.39 is 41.4 Å². The third-order valence-corrected chi connectivity index (χ3v) is 3.31. The minimum Gasteiger partial charge on any atom is -0.362 e. The molecule has 1 aromatic heterocycles. The third-order valence-electron chi connectivity index (χ3n) is 3.31. The van der Waals surface area contributed by atoms with Crippen molar-refractivity contribution in [2.45, 2.75) is 38.2 Å². The summed E-state index contributed by atoms with van der Waals surface area (Å²) in [6.07, 6.45) is -5.57. The van der Waals surface area contributed by atoms with Crippen molar-refractivity contribution in [2.75, 3.05) is 0 Å². The minimum atomic E-state index is -5.06. The van der Waals surface area contributed by atoms with Crippen LogP contribution < -0.4 is 0 Å². The minimum absolute atomic E-state index is 0.0136. The van der Waals surface area contributed by atoms with Gasteiger partial charge in [0.2, 0.25) is 5.91 Å². The molecule has 0 fully saturated rings. The van der Waals surface area contributed by atoms with E-state index >= 15 is 0 Å². The molecule has 1 unspecified atom stereocenters. The second-order valence-electron chi connectivity index (χ2n) is 4.90. The van der Waals surface area contributed by atoms with Gasteiger partial charge >= 0.3 is 12.0 Å². The van der Waals surface area contributed by atoms with Crippen LogP contribution in [0.15, 0.2) is 11.2 Å². The standard InChI is InChI=1S/C11H12F3N5O4/c1-7-6-8(19(22)23)16-17(7)5-2-9(20)18-10(21,3-4-15-18)11(12,13)14/h4,6,21H,2-3,5H2,1H3. The number of carbonyl (C=O) groups is 1. The van der Waals surface area contributed by atoms with Gasteiger partial charge in [-0.1, -0.05) is 0 Å². The molecule has 0 radical (unpaired) electrons. The van der Waals surface area contributed by atoms with Crippen LogP contribution in [0.25, 0.3) is 0 Å². The van der Waals surface area contributed by atoms with Crippen LogP contribution in [-0.2, 0) is 11.3 Å². The molecule has 126 valence electrons. The van der Waals surface area contributed by atoms with Crippen LogP contribution in [0.5, 0.6) is 0 Å². The quantitative estimate of drug-likeness (QED) is 0.650. The smallest absolute Gasteiger partial charge is 0.362 e. The molecule has 1 aromatic rings. The molecule has 0 saturated heterocycles. The second kappa shape index (κ2) is 5.61. The fourth-order valence-electron chi connectivity index (χ4n) is 2.05. The molecule has 2 heterocycles. The van der Waals surface area contributed by atoms with Crippen molar-refractivity contribution in [1.29, 1.82) is 0 Å². The summed E-state index contributed by atoms with van der Waals surface area (Å²) in [4.78, 5) is 21.8. The van der Waals surface area contributed by atoms with Gasteiger partial charge in [-0.3, -0.25) is 4.79 Å². The van der Waals surface area contributed by atoms with E-state index in [0.29, 0.717) is 5.69 Å². The van der Waals surface area contributed by atoms with E-state index in [2.05, 4.69) is 10.2 Å². The van der Waals surface area contributed by atoms with Crippen molar-refractivity contribution in [3.63, 3.8) is 0 Å². The second-order valence-corrected chi connectivity index (χ2v) is 4.90. The Morgan fingerprint density at radius 3 is 2.74 bits per heavy atom. The molecular weight excluding hydrogens is 323 g/mol. The Morgan fingerprint density at radius 1 is 1.57 bits per heavy atom. The van der Waals surface area contributed by atoms with E-state index in [-0.39, 0.29) is 11.6 Å². The van der Waals surface area contributed by atoms with E-state index in [9.17, 15) is 33.2 Å². The number of carbonyl (C=O) groups excluding carboxylic acids is 1. The molecule has 0 spiro atoms. The van der Waals surface area contributed by atoms with Crippen molar-refractivity contribution in [3.05, 3.63) is 21.9 Å². The lowest BCUT2D eigenvalue weighted by atomic mass is 10.1. The Kier molecular flexibility index (Phi) is 4.11. The molecule has 12 heteroatoms. The molecule has 1 aliphatic rings. The summed E-state index contributed by atoms with van der Waals surface area (Å²) in [6.45, 7) is 1.32. The molecular formula is C11H12F3N5O4. The van der Waals surface area contributed by atoms with Gasteiger partial charge < -0.3 is 15.2 Å². The van der Waals surface area contributed by atoms with Gasteiger partial charge in [-0.05, 0) is 11.8 Å². The van der Waals surface area contributed by atoms with Crippen LogP contribution >= 0.6 is 0 Å². The number of hydrogen-bond donors (Lipinski definition) is 1. The summed E-state index contributed by atoms with van der Waals surface area (Å²) in [7, 11) is 0. The summed E-state index contributed by atoms with van der Waals surface area (Å²) >= 11 is 0. The number of aryl methyl sites for hydroxylation is 2. The highest BCUT2D eigenvalue weighted by Gasteiger charge is 2.61. The Morgan fingerprint density at radius 2 is 2.22 bits per heavy atom. The van der Waals surface area contributed by atoms with Gasteiger partial charge in [0.15, 0.2) is 0 Å². The predicted molar refractivity (Wildman–Crippen MR) is 69.2 cm³/mol. The molecule has 0 saturated carbocycles. The summed E-state index contributed by atoms with van der Waals surface area (Å²) < 4.78 is 39.7. The van der Waals surface area contributed by atoms with E-state index in [1.807, 2.05) is 0 Å². The number of hydrazone groups is 1. The van der Waals surface area contributed by atoms with Crippen molar-refractivity contribution in [1.82, 2.24) is 14.8 Å². The van der Waals surface area contributed by atoms with Crippen LogP contribution in [0, 0.1) is 17.0 Å². The Hall–Kier alpha value is -2.50. The van der Waals surface area contributed by atoms with Crippen molar-refractivity contribution in [3.8, 4) is 0 Å². The maximum absolute atomic E-state index is 12.9.